The van der Waals surface area contributed by atoms with E-state index in [4.69, 9.17) is 9.73 Å². The number of aryl methyl sites for hydroxylation is 1. The molecule has 0 spiro atoms. The number of likely N-dealkylation sites (tertiary alicyclic amines) is 1. The van der Waals surface area contributed by atoms with Crippen LogP contribution in [0.5, 0.6) is 0 Å². The van der Waals surface area contributed by atoms with Crippen molar-refractivity contribution in [2.45, 2.75) is 70.8 Å². The molecule has 2 amide bonds. The maximum absolute atomic E-state index is 13.9. The Morgan fingerprint density at radius 3 is 2.27 bits per heavy atom. The van der Waals surface area contributed by atoms with Gasteiger partial charge in [-0.05, 0) is 64.3 Å². The molecule has 9 heteroatoms. The summed E-state index contributed by atoms with van der Waals surface area (Å²) in [7, 11) is 0. The van der Waals surface area contributed by atoms with E-state index in [-0.39, 0.29) is 11.9 Å². The Morgan fingerprint density at radius 1 is 0.918 bits per heavy atom. The van der Waals surface area contributed by atoms with Crippen molar-refractivity contribution in [2.75, 3.05) is 11.9 Å². The monoisotopic (exact) mass is 660 g/mol. The van der Waals surface area contributed by atoms with Gasteiger partial charge in [-0.15, -0.1) is 0 Å². The molecule has 49 heavy (non-hydrogen) atoms. The Hall–Kier alpha value is -5.28. The molecule has 254 valence electrons. The van der Waals surface area contributed by atoms with Crippen molar-refractivity contribution in [3.63, 3.8) is 0 Å². The maximum Gasteiger partial charge on any atom is 0.408 e. The summed E-state index contributed by atoms with van der Waals surface area (Å²) in [6.07, 6.45) is 0.885. The first kappa shape index (κ1) is 35.0. The average Bonchev–Trinajstić information content (AvgIpc) is 3.53. The van der Waals surface area contributed by atoms with E-state index in [0.29, 0.717) is 34.6 Å². The maximum atomic E-state index is 13.9. The largest absolute Gasteiger partial charge is 0.480 e. The number of anilines is 1. The number of rotatable bonds is 11. The van der Waals surface area contributed by atoms with Crippen LogP contribution in [0.15, 0.2) is 114 Å². The van der Waals surface area contributed by atoms with Crippen LogP contribution in [0.1, 0.15) is 67.5 Å². The molecular weight excluding hydrogens is 616 g/mol. The zero-order chi connectivity index (χ0) is 35.0. The van der Waals surface area contributed by atoms with Gasteiger partial charge in [-0.25, -0.2) is 9.59 Å². The van der Waals surface area contributed by atoms with Gasteiger partial charge in [0, 0.05) is 17.7 Å². The van der Waals surface area contributed by atoms with Crippen molar-refractivity contribution >= 4 is 29.4 Å². The third kappa shape index (κ3) is 9.42. The van der Waals surface area contributed by atoms with Crippen molar-refractivity contribution in [3.8, 4) is 0 Å². The predicted octanol–water partition coefficient (Wildman–Crippen LogP) is 7.15. The molecule has 5 rings (SSSR count). The minimum Gasteiger partial charge on any atom is -0.480 e. The summed E-state index contributed by atoms with van der Waals surface area (Å²) < 4.78 is 5.54. The Labute approximate surface area is 288 Å². The molecule has 0 unspecified atom stereocenters. The second-order valence-electron chi connectivity index (χ2n) is 13.3. The topological polar surface area (TPSA) is 120 Å². The number of hydrogen-bond acceptors (Lipinski definition) is 6. The van der Waals surface area contributed by atoms with Crippen molar-refractivity contribution in [3.05, 3.63) is 137 Å². The SMILES string of the molecule is Cc1cccc([C@@H](NC(=O)OC(C)(C)C)[C@H](N=C(c2ccccc2)c2ccccc2NC(=O)[C@@H]2CCCN2Cc2ccccc2)C(=O)O)c1. The van der Waals surface area contributed by atoms with Crippen LogP contribution in [-0.2, 0) is 20.9 Å². The van der Waals surface area contributed by atoms with E-state index in [1.807, 2.05) is 91.9 Å². The summed E-state index contributed by atoms with van der Waals surface area (Å²) in [5.74, 6) is -1.37. The summed E-state index contributed by atoms with van der Waals surface area (Å²) in [5.41, 5.74) is 3.89. The quantitative estimate of drug-likeness (QED) is 0.147. The van der Waals surface area contributed by atoms with E-state index in [9.17, 15) is 19.5 Å². The summed E-state index contributed by atoms with van der Waals surface area (Å²) in [4.78, 5) is 47.2. The lowest BCUT2D eigenvalue weighted by Gasteiger charge is -2.27. The highest BCUT2D eigenvalue weighted by molar-refractivity contribution is 6.17. The summed E-state index contributed by atoms with van der Waals surface area (Å²) >= 11 is 0. The number of carbonyl (C=O) groups is 3. The second-order valence-corrected chi connectivity index (χ2v) is 13.3. The van der Waals surface area contributed by atoms with Gasteiger partial charge in [0.2, 0.25) is 5.91 Å². The predicted molar refractivity (Wildman–Crippen MR) is 192 cm³/mol. The number of amides is 2. The molecule has 4 aromatic carbocycles. The van der Waals surface area contributed by atoms with Gasteiger partial charge in [-0.1, -0.05) is 109 Å². The Balaban J connectivity index is 1.54. The molecule has 1 aliphatic rings. The first-order valence-electron chi connectivity index (χ1n) is 16.6. The van der Waals surface area contributed by atoms with E-state index in [1.54, 1.807) is 32.9 Å². The van der Waals surface area contributed by atoms with Crippen molar-refractivity contribution in [1.82, 2.24) is 10.2 Å². The zero-order valence-electron chi connectivity index (χ0n) is 28.4. The highest BCUT2D eigenvalue weighted by Gasteiger charge is 2.34. The molecular formula is C40H44N4O5. The number of hydrogen-bond donors (Lipinski definition) is 3. The first-order chi connectivity index (χ1) is 23.5. The third-order valence-corrected chi connectivity index (χ3v) is 8.29. The lowest BCUT2D eigenvalue weighted by molar-refractivity contribution is -0.139. The Kier molecular flexibility index (Phi) is 11.3. The number of aliphatic imine (C=N–C) groups is 1. The number of ether oxygens (including phenoxy) is 1. The molecule has 3 N–H and O–H groups in total. The van der Waals surface area contributed by atoms with Crippen LogP contribution < -0.4 is 10.6 Å². The molecule has 1 saturated heterocycles. The lowest BCUT2D eigenvalue weighted by Crippen LogP contribution is -2.42. The van der Waals surface area contributed by atoms with Crippen LogP contribution in [0, 0.1) is 6.92 Å². The fourth-order valence-electron chi connectivity index (χ4n) is 6.09. The van der Waals surface area contributed by atoms with Gasteiger partial charge < -0.3 is 20.5 Å². The van der Waals surface area contributed by atoms with Gasteiger partial charge in [-0.3, -0.25) is 14.7 Å². The minimum atomic E-state index is -1.45. The zero-order valence-corrected chi connectivity index (χ0v) is 28.4. The number of nitrogens with zero attached hydrogens (tertiary/aromatic N) is 2. The number of carboxylic acids is 1. The molecule has 0 saturated carbocycles. The molecule has 0 aromatic heterocycles. The van der Waals surface area contributed by atoms with Crippen LogP contribution in [0.4, 0.5) is 10.5 Å². The first-order valence-corrected chi connectivity index (χ1v) is 16.6. The fourth-order valence-corrected chi connectivity index (χ4v) is 6.09. The van der Waals surface area contributed by atoms with Gasteiger partial charge in [0.1, 0.15) is 5.60 Å². The summed E-state index contributed by atoms with van der Waals surface area (Å²) in [6, 6.07) is 31.1. The number of carbonyl (C=O) groups excluding carboxylic acids is 2. The average molecular weight is 661 g/mol. The second kappa shape index (κ2) is 15.7. The van der Waals surface area contributed by atoms with Gasteiger partial charge in [0.05, 0.1) is 23.5 Å². The van der Waals surface area contributed by atoms with Crippen LogP contribution in [0.25, 0.3) is 0 Å². The van der Waals surface area contributed by atoms with E-state index in [1.165, 1.54) is 0 Å². The summed E-state index contributed by atoms with van der Waals surface area (Å²) in [6.45, 7) is 8.61. The number of nitrogens with one attached hydrogen (secondary N) is 2. The molecule has 1 aliphatic heterocycles. The molecule has 4 aromatic rings. The van der Waals surface area contributed by atoms with E-state index in [0.717, 1.165) is 30.5 Å². The number of para-hydroxylation sites is 1. The van der Waals surface area contributed by atoms with Gasteiger partial charge in [0.25, 0.3) is 0 Å². The van der Waals surface area contributed by atoms with Crippen molar-refractivity contribution in [1.29, 1.82) is 0 Å². The number of alkyl carbamates (subject to hydrolysis) is 1. The molecule has 3 atom stereocenters. The highest BCUT2D eigenvalue weighted by atomic mass is 16.6. The molecule has 1 fully saturated rings. The third-order valence-electron chi connectivity index (χ3n) is 8.29. The van der Waals surface area contributed by atoms with E-state index < -0.39 is 29.7 Å². The fraction of sp³-hybridized carbons (Fsp3) is 0.300. The van der Waals surface area contributed by atoms with Gasteiger partial charge >= 0.3 is 12.1 Å². The standard InChI is InChI=1S/C40H44N4O5/c1-27-15-13-20-30(25-27)35(43-39(48)49-40(2,3)4)36(38(46)47)42-34(29-18-9-6-10-19-29)31-21-11-12-22-32(31)41-37(45)33-23-14-24-44(33)26-28-16-7-5-8-17-28/h5-13,15-22,25,33,35-36H,14,23-24,26H2,1-4H3,(H,41,45)(H,43,48)(H,46,47)/t33-,35+,36-/m0/s1. The number of carboxylic acid groups (broad SMARTS) is 1. The Morgan fingerprint density at radius 2 is 1.59 bits per heavy atom. The molecule has 0 radical (unpaired) electrons. The highest BCUT2D eigenvalue weighted by Crippen LogP contribution is 2.28. The number of benzene rings is 4. The minimum absolute atomic E-state index is 0.132. The Bertz CT molecular complexity index is 1790. The van der Waals surface area contributed by atoms with Crippen LogP contribution in [0.2, 0.25) is 0 Å². The van der Waals surface area contributed by atoms with Crippen molar-refractivity contribution in [2.24, 2.45) is 4.99 Å². The smallest absolute Gasteiger partial charge is 0.408 e. The van der Waals surface area contributed by atoms with E-state index in [2.05, 4.69) is 27.7 Å². The summed E-state index contributed by atoms with van der Waals surface area (Å²) in [5, 5.41) is 16.6. The normalized spacial score (nSPS) is 16.4. The number of aliphatic carboxylic acids is 1. The van der Waals surface area contributed by atoms with Crippen molar-refractivity contribution < 1.29 is 24.2 Å². The van der Waals surface area contributed by atoms with Crippen LogP contribution in [-0.4, -0.2) is 57.9 Å². The van der Waals surface area contributed by atoms with Crippen LogP contribution >= 0.6 is 0 Å². The molecule has 0 bridgehead atoms. The molecule has 1 heterocycles. The van der Waals surface area contributed by atoms with E-state index >= 15 is 0 Å². The molecule has 0 aliphatic carbocycles. The lowest BCUT2D eigenvalue weighted by atomic mass is 9.96. The van der Waals surface area contributed by atoms with Gasteiger partial charge in [-0.2, -0.15) is 0 Å². The van der Waals surface area contributed by atoms with Crippen LogP contribution in [0.3, 0.4) is 0 Å². The molecule has 9 nitrogen and oxygen atoms in total. The van der Waals surface area contributed by atoms with Gasteiger partial charge in [0.15, 0.2) is 6.04 Å².